The maximum atomic E-state index is 12.8. The van der Waals surface area contributed by atoms with Crippen LogP contribution in [0, 0.1) is 5.92 Å². The molecule has 29 heavy (non-hydrogen) atoms. The summed E-state index contributed by atoms with van der Waals surface area (Å²) in [6.07, 6.45) is 2.59. The van der Waals surface area contributed by atoms with E-state index in [1.807, 2.05) is 11.4 Å². The molecule has 0 aliphatic carbocycles. The number of alkyl halides is 3. The highest BCUT2D eigenvalue weighted by Gasteiger charge is 2.49. The standard InChI is InChI=1S/C18H20F3N3O3S2/c19-18(20,21)29(26,27)17-15(4-1-7-22-17)16(25)23-11-13-5-8-24(9-6-13)12-14-3-2-10-28-14/h1-4,7,10,13H,5-6,8-9,11-12H2,(H,23,25). The van der Waals surface area contributed by atoms with Crippen molar-refractivity contribution in [3.63, 3.8) is 0 Å². The van der Waals surface area contributed by atoms with Crippen LogP contribution in [0.25, 0.3) is 0 Å². The molecule has 0 spiro atoms. The Kier molecular flexibility index (Phi) is 6.59. The summed E-state index contributed by atoms with van der Waals surface area (Å²) in [5.41, 5.74) is -6.12. The van der Waals surface area contributed by atoms with E-state index in [1.165, 1.54) is 10.9 Å². The van der Waals surface area contributed by atoms with Crippen LogP contribution in [-0.2, 0) is 16.4 Å². The molecule has 1 amide bonds. The molecule has 3 rings (SSSR count). The first-order valence-corrected chi connectivity index (χ1v) is 11.3. The van der Waals surface area contributed by atoms with Crippen LogP contribution in [-0.4, -0.2) is 49.4 Å². The topological polar surface area (TPSA) is 79.4 Å². The van der Waals surface area contributed by atoms with Gasteiger partial charge in [-0.15, -0.1) is 11.3 Å². The van der Waals surface area contributed by atoms with Crippen molar-refractivity contribution >= 4 is 27.1 Å². The van der Waals surface area contributed by atoms with E-state index >= 15 is 0 Å². The number of likely N-dealkylation sites (tertiary alicyclic amines) is 1. The number of carbonyl (C=O) groups excluding carboxylic acids is 1. The second-order valence-corrected chi connectivity index (χ2v) is 9.70. The Labute approximate surface area is 170 Å². The van der Waals surface area contributed by atoms with Crippen LogP contribution in [0.5, 0.6) is 0 Å². The van der Waals surface area contributed by atoms with Crippen LogP contribution in [0.3, 0.4) is 0 Å². The number of hydrogen-bond donors (Lipinski definition) is 1. The Bertz CT molecular complexity index is 939. The van der Waals surface area contributed by atoms with Gasteiger partial charge in [-0.1, -0.05) is 6.07 Å². The molecular weight excluding hydrogens is 427 g/mol. The summed E-state index contributed by atoms with van der Waals surface area (Å²) in [7, 11) is -5.71. The summed E-state index contributed by atoms with van der Waals surface area (Å²) in [6.45, 7) is 2.87. The molecule has 2 aromatic rings. The van der Waals surface area contributed by atoms with Crippen LogP contribution >= 0.6 is 11.3 Å². The number of pyridine rings is 1. The zero-order valence-electron chi connectivity index (χ0n) is 15.4. The molecule has 1 fully saturated rings. The van der Waals surface area contributed by atoms with Gasteiger partial charge < -0.3 is 5.32 Å². The number of nitrogens with zero attached hydrogens (tertiary/aromatic N) is 2. The van der Waals surface area contributed by atoms with E-state index in [-0.39, 0.29) is 12.5 Å². The monoisotopic (exact) mass is 447 g/mol. The van der Waals surface area contributed by atoms with E-state index in [4.69, 9.17) is 0 Å². The Hall–Kier alpha value is -1.98. The normalized spacial score (nSPS) is 16.7. The predicted octanol–water partition coefficient (Wildman–Crippen LogP) is 3.08. The van der Waals surface area contributed by atoms with E-state index in [1.54, 1.807) is 11.3 Å². The van der Waals surface area contributed by atoms with Crippen LogP contribution < -0.4 is 5.32 Å². The third-order valence-corrected chi connectivity index (χ3v) is 7.10. The van der Waals surface area contributed by atoms with Gasteiger partial charge in [-0.05, 0) is 55.4 Å². The van der Waals surface area contributed by atoms with Crippen molar-refractivity contribution in [2.24, 2.45) is 5.92 Å². The van der Waals surface area contributed by atoms with Crippen molar-refractivity contribution in [1.82, 2.24) is 15.2 Å². The number of sulfone groups is 1. The summed E-state index contributed by atoms with van der Waals surface area (Å²) in [6, 6.07) is 6.35. The summed E-state index contributed by atoms with van der Waals surface area (Å²) < 4.78 is 61.9. The first-order valence-electron chi connectivity index (χ1n) is 8.98. The van der Waals surface area contributed by atoms with Crippen molar-refractivity contribution in [2.75, 3.05) is 19.6 Å². The molecule has 2 aromatic heterocycles. The highest BCUT2D eigenvalue weighted by Crippen LogP contribution is 2.30. The van der Waals surface area contributed by atoms with Crippen molar-refractivity contribution in [3.8, 4) is 0 Å². The van der Waals surface area contributed by atoms with Gasteiger partial charge in [0.05, 0.1) is 5.56 Å². The van der Waals surface area contributed by atoms with Gasteiger partial charge in [-0.3, -0.25) is 9.69 Å². The van der Waals surface area contributed by atoms with Crippen molar-refractivity contribution in [1.29, 1.82) is 0 Å². The lowest BCUT2D eigenvalue weighted by Crippen LogP contribution is -2.38. The number of carbonyl (C=O) groups is 1. The van der Waals surface area contributed by atoms with Crippen LogP contribution in [0.2, 0.25) is 0 Å². The Morgan fingerprint density at radius 3 is 2.59 bits per heavy atom. The molecule has 0 saturated carbocycles. The van der Waals surface area contributed by atoms with Crippen molar-refractivity contribution in [2.45, 2.75) is 29.9 Å². The van der Waals surface area contributed by atoms with E-state index in [2.05, 4.69) is 21.3 Å². The Balaban J connectivity index is 1.57. The predicted molar refractivity (Wildman–Crippen MR) is 102 cm³/mol. The lowest BCUT2D eigenvalue weighted by atomic mass is 9.96. The number of aromatic nitrogens is 1. The van der Waals surface area contributed by atoms with Crippen molar-refractivity contribution < 1.29 is 26.4 Å². The molecule has 0 radical (unpaired) electrons. The maximum Gasteiger partial charge on any atom is 0.503 e. The minimum absolute atomic E-state index is 0.179. The van der Waals surface area contributed by atoms with Gasteiger partial charge in [-0.25, -0.2) is 13.4 Å². The number of thiophene rings is 1. The average Bonchev–Trinajstić information content (AvgIpc) is 3.19. The summed E-state index contributed by atoms with van der Waals surface area (Å²) in [5, 5.41) is 3.33. The fourth-order valence-electron chi connectivity index (χ4n) is 3.19. The Morgan fingerprint density at radius 1 is 1.24 bits per heavy atom. The zero-order valence-corrected chi connectivity index (χ0v) is 17.0. The van der Waals surface area contributed by atoms with E-state index in [9.17, 15) is 26.4 Å². The van der Waals surface area contributed by atoms with Gasteiger partial charge in [0.15, 0.2) is 5.03 Å². The summed E-state index contributed by atoms with van der Waals surface area (Å²) in [4.78, 5) is 19.3. The Morgan fingerprint density at radius 2 is 1.97 bits per heavy atom. The number of amides is 1. The van der Waals surface area contributed by atoms with E-state index in [0.29, 0.717) is 0 Å². The molecule has 11 heteroatoms. The molecule has 0 unspecified atom stereocenters. The number of nitrogens with one attached hydrogen (secondary N) is 1. The van der Waals surface area contributed by atoms with Gasteiger partial charge in [0.25, 0.3) is 15.7 Å². The lowest BCUT2D eigenvalue weighted by Gasteiger charge is -2.31. The zero-order chi connectivity index (χ0) is 21.1. The van der Waals surface area contributed by atoms with Gasteiger partial charge in [0.2, 0.25) is 0 Å². The smallest absolute Gasteiger partial charge is 0.352 e. The fraction of sp³-hybridized carbons (Fsp3) is 0.444. The van der Waals surface area contributed by atoms with Gasteiger partial charge in [-0.2, -0.15) is 13.2 Å². The average molecular weight is 448 g/mol. The number of hydrogen-bond acceptors (Lipinski definition) is 6. The first kappa shape index (κ1) is 21.7. The second kappa shape index (κ2) is 8.80. The third kappa shape index (κ3) is 5.14. The summed E-state index contributed by atoms with van der Waals surface area (Å²) >= 11 is 1.70. The molecule has 6 nitrogen and oxygen atoms in total. The fourth-order valence-corrected chi connectivity index (χ4v) is 4.81. The SMILES string of the molecule is O=C(NCC1CCN(Cc2cccs2)CC1)c1cccnc1S(=O)(=O)C(F)(F)F. The minimum atomic E-state index is -5.71. The molecule has 0 atom stereocenters. The molecule has 0 aromatic carbocycles. The van der Waals surface area contributed by atoms with Gasteiger partial charge in [0, 0.05) is 24.2 Å². The highest BCUT2D eigenvalue weighted by molar-refractivity contribution is 7.92. The molecule has 1 N–H and O–H groups in total. The van der Waals surface area contributed by atoms with Crippen LogP contribution in [0.1, 0.15) is 28.1 Å². The molecule has 0 bridgehead atoms. The van der Waals surface area contributed by atoms with E-state index < -0.39 is 31.8 Å². The van der Waals surface area contributed by atoms with Crippen LogP contribution in [0.4, 0.5) is 13.2 Å². The van der Waals surface area contributed by atoms with Gasteiger partial charge >= 0.3 is 5.51 Å². The van der Waals surface area contributed by atoms with E-state index in [0.717, 1.165) is 44.7 Å². The molecular formula is C18H20F3N3O3S2. The minimum Gasteiger partial charge on any atom is -0.352 e. The van der Waals surface area contributed by atoms with Gasteiger partial charge in [0.1, 0.15) is 0 Å². The lowest BCUT2D eigenvalue weighted by molar-refractivity contribution is -0.0438. The molecule has 1 saturated heterocycles. The third-order valence-electron chi connectivity index (χ3n) is 4.79. The number of rotatable bonds is 6. The second-order valence-electron chi connectivity index (χ2n) is 6.81. The molecule has 1 aliphatic rings. The highest BCUT2D eigenvalue weighted by atomic mass is 32.2. The molecule has 158 valence electrons. The number of piperidine rings is 1. The first-order chi connectivity index (χ1) is 13.7. The number of halogens is 3. The maximum absolute atomic E-state index is 12.8. The van der Waals surface area contributed by atoms with Crippen LogP contribution in [0.15, 0.2) is 40.9 Å². The molecule has 3 heterocycles. The molecule has 1 aliphatic heterocycles. The van der Waals surface area contributed by atoms with Crippen molar-refractivity contribution in [3.05, 3.63) is 46.3 Å². The quantitative estimate of drug-likeness (QED) is 0.736. The largest absolute Gasteiger partial charge is 0.503 e. The summed E-state index contributed by atoms with van der Waals surface area (Å²) in [5.74, 6) is -0.695.